The molecule has 0 radical (unpaired) electrons. The molecule has 5 heterocycles. The molecule has 0 aliphatic heterocycles. The molecule has 0 aliphatic carbocycles. The molecule has 0 saturated heterocycles. The summed E-state index contributed by atoms with van der Waals surface area (Å²) in [7, 11) is 2.04. The number of rotatable bonds is 8. The van der Waals surface area contributed by atoms with E-state index >= 15 is 0 Å². The van der Waals surface area contributed by atoms with Gasteiger partial charge in [0.2, 0.25) is 0 Å². The van der Waals surface area contributed by atoms with Gasteiger partial charge < -0.3 is 4.57 Å². The van der Waals surface area contributed by atoms with Crippen LogP contribution in [0.25, 0.3) is 134 Å². The normalized spacial score (nSPS) is 11.4. The maximum Gasteiger partial charge on any atom is 0.160 e. The summed E-state index contributed by atoms with van der Waals surface area (Å²) < 4.78 is 2.11. The summed E-state index contributed by atoms with van der Waals surface area (Å²) in [5.74, 6) is 0.584. The van der Waals surface area contributed by atoms with Gasteiger partial charge in [0.05, 0.1) is 50.6 Å². The number of nitrogens with zero attached hydrogens (tertiary/aromatic N) is 7. The Morgan fingerprint density at radius 1 is 0.361 bits per heavy atom. The molecule has 0 saturated carbocycles. The molecule has 13 aromatic rings. The molecule has 0 N–H and O–H groups in total. The first kappa shape index (κ1) is 42.2. The topological polar surface area (TPSA) is 93.2 Å². The Balaban J connectivity index is 1.10. The van der Waals surface area contributed by atoms with Crippen molar-refractivity contribution in [3.8, 4) is 96.0 Å². The molecule has 0 spiro atoms. The molecule has 0 amide bonds. The number of aromatic nitrogens is 6. The Hall–Kier alpha value is -9.90. The quantitative estimate of drug-likeness (QED) is 0.141. The van der Waals surface area contributed by atoms with Gasteiger partial charge in [0, 0.05) is 68.2 Å². The zero-order valence-corrected chi connectivity index (χ0v) is 39.1. The molecule has 0 atom stereocenters. The van der Waals surface area contributed by atoms with Crippen LogP contribution in [0.4, 0.5) is 0 Å². The van der Waals surface area contributed by atoms with Crippen molar-refractivity contribution in [1.29, 1.82) is 5.26 Å². The summed E-state index contributed by atoms with van der Waals surface area (Å²) in [6.07, 6.45) is 2.10. The van der Waals surface area contributed by atoms with Gasteiger partial charge in [-0.1, -0.05) is 200 Å². The summed E-state index contributed by atoms with van der Waals surface area (Å²) in [5, 5.41) is 15.0. The second-order valence-corrected chi connectivity index (χ2v) is 18.0. The van der Waals surface area contributed by atoms with Crippen LogP contribution in [0.3, 0.4) is 0 Å². The monoisotopic (exact) mass is 919 g/mol. The third-order valence-electron chi connectivity index (χ3n) is 13.6. The van der Waals surface area contributed by atoms with E-state index in [-0.39, 0.29) is 0 Å². The van der Waals surface area contributed by atoms with Gasteiger partial charge in [0.15, 0.2) is 5.82 Å². The van der Waals surface area contributed by atoms with Gasteiger partial charge in [-0.3, -0.25) is 0 Å². The molecule has 5 aromatic heterocycles. The van der Waals surface area contributed by atoms with Crippen LogP contribution in [0, 0.1) is 11.3 Å². The molecule has 7 heteroatoms. The average molecular weight is 920 g/mol. The summed E-state index contributed by atoms with van der Waals surface area (Å²) >= 11 is 0. The largest absolute Gasteiger partial charge is 0.349 e. The second kappa shape index (κ2) is 17.6. The number of benzene rings is 8. The lowest BCUT2D eigenvalue weighted by Gasteiger charge is -2.16. The Morgan fingerprint density at radius 2 is 0.778 bits per heavy atom. The minimum Gasteiger partial charge on any atom is -0.349 e. The maximum atomic E-state index is 11.3. The van der Waals surface area contributed by atoms with Gasteiger partial charge in [-0.25, -0.2) is 24.9 Å². The minimum absolute atomic E-state index is 0.474. The summed E-state index contributed by atoms with van der Waals surface area (Å²) in [5.41, 5.74) is 17.0. The highest BCUT2D eigenvalue weighted by Crippen LogP contribution is 2.44. The van der Waals surface area contributed by atoms with E-state index in [0.717, 1.165) is 117 Å². The maximum absolute atomic E-state index is 11.3. The van der Waals surface area contributed by atoms with Gasteiger partial charge in [0.1, 0.15) is 11.6 Å². The fourth-order valence-corrected chi connectivity index (χ4v) is 10.2. The zero-order valence-electron chi connectivity index (χ0n) is 39.1. The predicted molar refractivity (Wildman–Crippen MR) is 293 cm³/mol. The van der Waals surface area contributed by atoms with Crippen LogP contribution < -0.4 is 0 Å². The van der Waals surface area contributed by atoms with Crippen molar-refractivity contribution in [3.05, 3.63) is 236 Å². The SMILES string of the molecule is Cn1cc(-c2c(C#N)c(-c3ccccc3)nc3c2ccc2c(-c4ccccc4)cc(-c4ccccc4)nc23)cc1-c1nc(-c2ccccc2)nc2c1ccc1c(-c3ccccc3)cc(-c3ccccc3)nc12. The van der Waals surface area contributed by atoms with E-state index < -0.39 is 0 Å². The van der Waals surface area contributed by atoms with Crippen LogP contribution in [0.1, 0.15) is 5.56 Å². The van der Waals surface area contributed by atoms with Crippen molar-refractivity contribution in [2.45, 2.75) is 0 Å². The molecule has 0 unspecified atom stereocenters. The Labute approximate surface area is 415 Å². The first-order valence-corrected chi connectivity index (χ1v) is 23.9. The van der Waals surface area contributed by atoms with E-state index in [0.29, 0.717) is 22.6 Å². The van der Waals surface area contributed by atoms with Crippen molar-refractivity contribution in [2.24, 2.45) is 7.05 Å². The highest BCUT2D eigenvalue weighted by atomic mass is 15.0. The smallest absolute Gasteiger partial charge is 0.160 e. The fourth-order valence-electron chi connectivity index (χ4n) is 10.2. The highest BCUT2D eigenvalue weighted by Gasteiger charge is 2.25. The molecule has 72 heavy (non-hydrogen) atoms. The Bertz CT molecular complexity index is 4250. The predicted octanol–water partition coefficient (Wildman–Crippen LogP) is 15.8. The summed E-state index contributed by atoms with van der Waals surface area (Å²) in [4.78, 5) is 27.1. The average Bonchev–Trinajstić information content (AvgIpc) is 3.85. The lowest BCUT2D eigenvalue weighted by Crippen LogP contribution is -2.00. The third-order valence-corrected chi connectivity index (χ3v) is 13.6. The van der Waals surface area contributed by atoms with Crippen molar-refractivity contribution in [2.75, 3.05) is 0 Å². The number of fused-ring (bicyclic) bond motifs is 6. The van der Waals surface area contributed by atoms with Crippen molar-refractivity contribution < 1.29 is 0 Å². The van der Waals surface area contributed by atoms with Crippen LogP contribution in [-0.4, -0.2) is 29.5 Å². The van der Waals surface area contributed by atoms with Gasteiger partial charge in [0.25, 0.3) is 0 Å². The first-order valence-electron chi connectivity index (χ1n) is 23.9. The highest BCUT2D eigenvalue weighted by molar-refractivity contribution is 6.16. The molecule has 0 bridgehead atoms. The van der Waals surface area contributed by atoms with Gasteiger partial charge in [-0.05, 0) is 46.5 Å². The Kier molecular flexibility index (Phi) is 10.3. The zero-order chi connectivity index (χ0) is 48.1. The summed E-state index contributed by atoms with van der Waals surface area (Å²) in [6.45, 7) is 0. The molecule has 13 rings (SSSR count). The number of aryl methyl sites for hydroxylation is 1. The fraction of sp³-hybridized carbons (Fsp3) is 0.0154. The van der Waals surface area contributed by atoms with E-state index in [1.165, 1.54) is 0 Å². The summed E-state index contributed by atoms with van der Waals surface area (Å²) in [6, 6.07) is 79.3. The van der Waals surface area contributed by atoms with Crippen LogP contribution in [0.15, 0.2) is 231 Å². The van der Waals surface area contributed by atoms with Gasteiger partial charge in [-0.15, -0.1) is 0 Å². The molecule has 8 aromatic carbocycles. The van der Waals surface area contributed by atoms with Gasteiger partial charge in [-0.2, -0.15) is 5.26 Å². The lowest BCUT2D eigenvalue weighted by molar-refractivity contribution is 0.932. The van der Waals surface area contributed by atoms with Crippen LogP contribution in [-0.2, 0) is 7.05 Å². The second-order valence-electron chi connectivity index (χ2n) is 18.0. The van der Waals surface area contributed by atoms with Crippen LogP contribution in [0.2, 0.25) is 0 Å². The molecule has 0 fully saturated rings. The van der Waals surface area contributed by atoms with Crippen molar-refractivity contribution in [3.63, 3.8) is 0 Å². The molecular formula is C65H41N7. The van der Waals surface area contributed by atoms with E-state index in [1.54, 1.807) is 0 Å². The van der Waals surface area contributed by atoms with Crippen molar-refractivity contribution in [1.82, 2.24) is 29.5 Å². The van der Waals surface area contributed by atoms with Crippen molar-refractivity contribution >= 4 is 43.6 Å². The number of hydrogen-bond acceptors (Lipinski definition) is 6. The first-order chi connectivity index (χ1) is 35.6. The number of hydrogen-bond donors (Lipinski definition) is 0. The molecular weight excluding hydrogens is 879 g/mol. The van der Waals surface area contributed by atoms with Crippen LogP contribution in [0.5, 0.6) is 0 Å². The van der Waals surface area contributed by atoms with Gasteiger partial charge >= 0.3 is 0 Å². The van der Waals surface area contributed by atoms with Crippen LogP contribution >= 0.6 is 0 Å². The minimum atomic E-state index is 0.474. The van der Waals surface area contributed by atoms with E-state index in [2.05, 4.69) is 132 Å². The molecule has 336 valence electrons. The third kappa shape index (κ3) is 7.26. The Morgan fingerprint density at radius 3 is 1.28 bits per heavy atom. The molecule has 0 aliphatic rings. The van der Waals surface area contributed by atoms with E-state index in [4.69, 9.17) is 24.9 Å². The van der Waals surface area contributed by atoms with E-state index in [9.17, 15) is 5.26 Å². The number of nitriles is 1. The molecule has 7 nitrogen and oxygen atoms in total. The standard InChI is InChI=1S/C65H41N7/c1-72-40-47(58-50-34-32-48-52(41-20-8-2-9-21-41)37-55(43-24-12-4-13-25-43)67-61(48)63(50)69-59(54(58)39-66)45-28-16-6-17-29-45)36-57(72)60-51-35-33-49-53(42-22-10-3-11-23-42)38-56(44-26-14-5-15-27-44)68-62(49)64(51)71-65(70-60)46-30-18-7-19-31-46/h2-38,40H,1H3. The lowest BCUT2D eigenvalue weighted by atomic mass is 9.91. The number of pyridine rings is 3. The van der Waals surface area contributed by atoms with E-state index in [1.807, 2.05) is 116 Å².